The van der Waals surface area contributed by atoms with E-state index in [0.29, 0.717) is 18.5 Å². The van der Waals surface area contributed by atoms with Gasteiger partial charge in [0.2, 0.25) is 17.7 Å². The van der Waals surface area contributed by atoms with Crippen LogP contribution in [0.15, 0.2) is 48.5 Å². The minimum absolute atomic E-state index is 0.0563. The first-order valence-corrected chi connectivity index (χ1v) is 17.9. The van der Waals surface area contributed by atoms with Gasteiger partial charge in [-0.1, -0.05) is 51.1 Å². The maximum absolute atomic E-state index is 14.4. The van der Waals surface area contributed by atoms with Crippen molar-refractivity contribution in [1.29, 1.82) is 0 Å². The Kier molecular flexibility index (Phi) is 11.9. The SMILES string of the molecule is CN[C@@H](C)C(=O)NC(C(=O)N1C[C@@H](NC(=O)c2cccc(C(=O)N[C@@H]3CN[C@H](C=O)C3)c2)CC1C(=O)N[C@@H]1CCCc2ccccc21)C(C)(C)C. The van der Waals surface area contributed by atoms with Crippen LogP contribution in [0, 0.1) is 5.41 Å². The summed E-state index contributed by atoms with van der Waals surface area (Å²) in [6.07, 6.45) is 4.10. The van der Waals surface area contributed by atoms with Gasteiger partial charge in [0.05, 0.1) is 18.1 Å². The van der Waals surface area contributed by atoms with Crippen LogP contribution >= 0.6 is 0 Å². The highest BCUT2D eigenvalue weighted by molar-refractivity contribution is 6.00. The zero-order chi connectivity index (χ0) is 36.9. The van der Waals surface area contributed by atoms with Gasteiger partial charge in [-0.3, -0.25) is 24.0 Å². The number of hydrogen-bond acceptors (Lipinski definition) is 8. The third kappa shape index (κ3) is 9.01. The molecular formula is C38H51N7O6. The number of benzene rings is 2. The van der Waals surface area contributed by atoms with Crippen molar-refractivity contribution in [1.82, 2.24) is 36.8 Å². The van der Waals surface area contributed by atoms with Gasteiger partial charge in [0, 0.05) is 36.3 Å². The molecule has 2 heterocycles. The lowest BCUT2D eigenvalue weighted by Crippen LogP contribution is -2.59. The number of nitrogens with one attached hydrogen (secondary N) is 6. The molecule has 5 amide bonds. The van der Waals surface area contributed by atoms with E-state index >= 15 is 0 Å². The topological polar surface area (TPSA) is 178 Å². The van der Waals surface area contributed by atoms with Crippen molar-refractivity contribution in [2.45, 2.75) is 102 Å². The van der Waals surface area contributed by atoms with Crippen molar-refractivity contribution < 1.29 is 28.8 Å². The number of aldehydes is 1. The standard InChI is InChI=1S/C38H51N7O6/c1-22(39-5)33(47)44-32(38(2,3)4)37(51)45-20-27(18-31(45)36(50)43-30-15-9-11-23-10-6-7-14-29(23)30)42-35(49)25-13-8-12-24(16-25)34(48)41-26-17-28(21-46)40-19-26/h6-8,10,12-14,16,21-22,26-28,30-32,39-40H,9,11,15,17-20H2,1-5H3,(H,41,48)(H,42,49)(H,43,50)(H,44,47)/t22-,26-,27-,28-,30+,31?,32?/m0/s1. The van der Waals surface area contributed by atoms with E-state index < -0.39 is 41.4 Å². The molecule has 0 radical (unpaired) electrons. The number of nitrogens with zero attached hydrogens (tertiary/aromatic N) is 1. The van der Waals surface area contributed by atoms with Gasteiger partial charge in [0.15, 0.2) is 0 Å². The molecule has 6 N–H and O–H groups in total. The van der Waals surface area contributed by atoms with E-state index in [1.807, 2.05) is 39.0 Å². The molecule has 0 aromatic heterocycles. The lowest BCUT2D eigenvalue weighted by molar-refractivity contribution is -0.144. The van der Waals surface area contributed by atoms with Crippen molar-refractivity contribution in [3.63, 3.8) is 0 Å². The second-order valence-corrected chi connectivity index (χ2v) is 15.0. The molecule has 3 aliphatic rings. The van der Waals surface area contributed by atoms with Gasteiger partial charge in [-0.25, -0.2) is 0 Å². The van der Waals surface area contributed by atoms with Crippen molar-refractivity contribution >= 4 is 35.8 Å². The van der Waals surface area contributed by atoms with Crippen LogP contribution in [0.3, 0.4) is 0 Å². The first-order valence-electron chi connectivity index (χ1n) is 17.9. The highest BCUT2D eigenvalue weighted by Gasteiger charge is 2.46. The normalized spacial score (nSPS) is 24.1. The highest BCUT2D eigenvalue weighted by atomic mass is 16.2. The summed E-state index contributed by atoms with van der Waals surface area (Å²) in [6.45, 7) is 7.80. The predicted octanol–water partition coefficient (Wildman–Crippen LogP) is 1.38. The lowest BCUT2D eigenvalue weighted by Gasteiger charge is -2.36. The minimum Gasteiger partial charge on any atom is -0.348 e. The van der Waals surface area contributed by atoms with Crippen molar-refractivity contribution in [3.05, 3.63) is 70.8 Å². The predicted molar refractivity (Wildman–Crippen MR) is 192 cm³/mol. The second-order valence-electron chi connectivity index (χ2n) is 15.0. The molecule has 2 aromatic rings. The van der Waals surface area contributed by atoms with Crippen molar-refractivity contribution in [2.75, 3.05) is 20.1 Å². The molecule has 0 bridgehead atoms. The van der Waals surface area contributed by atoms with Gasteiger partial charge in [-0.2, -0.15) is 0 Å². The number of amides is 5. The van der Waals surface area contributed by atoms with Crippen LogP contribution in [0.2, 0.25) is 0 Å². The molecule has 7 atom stereocenters. The van der Waals surface area contributed by atoms with E-state index in [1.54, 1.807) is 32.2 Å². The monoisotopic (exact) mass is 701 g/mol. The average molecular weight is 702 g/mol. The molecular weight excluding hydrogens is 650 g/mol. The Morgan fingerprint density at radius 2 is 1.61 bits per heavy atom. The molecule has 274 valence electrons. The zero-order valence-electron chi connectivity index (χ0n) is 30.1. The van der Waals surface area contributed by atoms with Gasteiger partial charge >= 0.3 is 0 Å². The number of carbonyl (C=O) groups is 6. The Bertz CT molecular complexity index is 1640. The number of fused-ring (bicyclic) bond motifs is 1. The molecule has 13 nitrogen and oxygen atoms in total. The summed E-state index contributed by atoms with van der Waals surface area (Å²) < 4.78 is 0. The van der Waals surface area contributed by atoms with E-state index in [1.165, 1.54) is 16.5 Å². The van der Waals surface area contributed by atoms with Crippen LogP contribution in [0.5, 0.6) is 0 Å². The second kappa shape index (κ2) is 16.2. The zero-order valence-corrected chi connectivity index (χ0v) is 30.1. The summed E-state index contributed by atoms with van der Waals surface area (Å²) in [5, 5.41) is 17.9. The van der Waals surface area contributed by atoms with E-state index in [2.05, 4.69) is 38.0 Å². The maximum atomic E-state index is 14.4. The molecule has 2 saturated heterocycles. The Morgan fingerprint density at radius 1 is 0.922 bits per heavy atom. The summed E-state index contributed by atoms with van der Waals surface area (Å²) in [5.41, 5.74) is 2.12. The third-order valence-corrected chi connectivity index (χ3v) is 10.2. The van der Waals surface area contributed by atoms with Crippen molar-refractivity contribution in [2.24, 2.45) is 5.41 Å². The van der Waals surface area contributed by atoms with Gasteiger partial charge in [0.25, 0.3) is 11.8 Å². The molecule has 0 spiro atoms. The fourth-order valence-electron chi connectivity index (χ4n) is 7.14. The number of likely N-dealkylation sites (tertiary alicyclic amines) is 1. The van der Waals surface area contributed by atoms with Gasteiger partial charge in [0.1, 0.15) is 18.4 Å². The van der Waals surface area contributed by atoms with Crippen LogP contribution in [0.4, 0.5) is 0 Å². The van der Waals surface area contributed by atoms with Crippen LogP contribution in [-0.4, -0.2) is 97.1 Å². The van der Waals surface area contributed by atoms with Crippen LogP contribution in [0.1, 0.15) is 91.3 Å². The summed E-state index contributed by atoms with van der Waals surface area (Å²) in [5.74, 6) is -1.87. The molecule has 2 fully saturated rings. The lowest BCUT2D eigenvalue weighted by atomic mass is 9.85. The smallest absolute Gasteiger partial charge is 0.251 e. The molecule has 13 heteroatoms. The summed E-state index contributed by atoms with van der Waals surface area (Å²) in [7, 11) is 1.66. The number of carbonyl (C=O) groups excluding carboxylic acids is 6. The van der Waals surface area contributed by atoms with E-state index in [-0.39, 0.29) is 54.4 Å². The minimum atomic E-state index is -0.937. The van der Waals surface area contributed by atoms with Gasteiger partial charge in [-0.05, 0) is 80.8 Å². The van der Waals surface area contributed by atoms with E-state index in [0.717, 1.165) is 31.1 Å². The summed E-state index contributed by atoms with van der Waals surface area (Å²) in [6, 6.07) is 10.7. The third-order valence-electron chi connectivity index (χ3n) is 10.2. The Morgan fingerprint density at radius 3 is 2.25 bits per heavy atom. The fourth-order valence-corrected chi connectivity index (χ4v) is 7.14. The Hall–Kier alpha value is -4.62. The molecule has 1 aliphatic carbocycles. The Balaban J connectivity index is 1.34. The van der Waals surface area contributed by atoms with Gasteiger partial charge < -0.3 is 41.6 Å². The molecule has 2 aliphatic heterocycles. The first kappa shape index (κ1) is 37.6. The van der Waals surface area contributed by atoms with E-state index in [4.69, 9.17) is 0 Å². The average Bonchev–Trinajstić information content (AvgIpc) is 3.76. The molecule has 51 heavy (non-hydrogen) atoms. The fraction of sp³-hybridized carbons (Fsp3) is 0.526. The molecule has 2 unspecified atom stereocenters. The summed E-state index contributed by atoms with van der Waals surface area (Å²) >= 11 is 0. The van der Waals surface area contributed by atoms with Crippen molar-refractivity contribution in [3.8, 4) is 0 Å². The van der Waals surface area contributed by atoms with Crippen LogP contribution in [0.25, 0.3) is 0 Å². The maximum Gasteiger partial charge on any atom is 0.251 e. The first-order chi connectivity index (χ1) is 24.3. The number of hydrogen-bond donors (Lipinski definition) is 6. The molecule has 5 rings (SSSR count). The Labute approximate surface area is 299 Å². The molecule has 0 saturated carbocycles. The summed E-state index contributed by atoms with van der Waals surface area (Å²) in [4.78, 5) is 80.6. The molecule has 2 aromatic carbocycles. The van der Waals surface area contributed by atoms with Crippen LogP contribution in [-0.2, 0) is 25.6 Å². The van der Waals surface area contributed by atoms with Gasteiger partial charge in [-0.15, -0.1) is 0 Å². The number of aryl methyl sites for hydroxylation is 1. The number of rotatable bonds is 11. The highest BCUT2D eigenvalue weighted by Crippen LogP contribution is 2.31. The van der Waals surface area contributed by atoms with E-state index in [9.17, 15) is 28.8 Å². The quantitative estimate of drug-likeness (QED) is 0.190. The number of likely N-dealkylation sites (N-methyl/N-ethyl adjacent to an activating group) is 1. The largest absolute Gasteiger partial charge is 0.348 e. The van der Waals surface area contributed by atoms with Crippen LogP contribution < -0.4 is 31.9 Å².